The van der Waals surface area contributed by atoms with E-state index in [1.54, 1.807) is 0 Å². The summed E-state index contributed by atoms with van der Waals surface area (Å²) in [4.78, 5) is 22.9. The van der Waals surface area contributed by atoms with E-state index in [0.29, 0.717) is 25.0 Å². The van der Waals surface area contributed by atoms with Crippen LogP contribution in [0.25, 0.3) is 0 Å². The van der Waals surface area contributed by atoms with E-state index in [9.17, 15) is 4.79 Å². The molecule has 3 unspecified atom stereocenters. The number of ether oxygens (including phenoxy) is 3. The minimum atomic E-state index is -0.765. The Kier molecular flexibility index (Phi) is 4.80. The summed E-state index contributed by atoms with van der Waals surface area (Å²) in [5.41, 5.74) is -0.551. The lowest BCUT2D eigenvalue weighted by atomic mass is 9.58. The number of carbonyl (C=O) groups is 1. The van der Waals surface area contributed by atoms with Crippen LogP contribution >= 0.6 is 0 Å². The van der Waals surface area contributed by atoms with E-state index in [1.165, 1.54) is 13.3 Å². The average molecular weight is 369 g/mol. The molecule has 8 atom stereocenters. The van der Waals surface area contributed by atoms with E-state index in [1.807, 2.05) is 6.92 Å². The summed E-state index contributed by atoms with van der Waals surface area (Å²) in [7, 11) is 0. The van der Waals surface area contributed by atoms with Gasteiger partial charge in [-0.2, -0.15) is 0 Å². The molecule has 4 heterocycles. The maximum absolute atomic E-state index is 11.0. The first-order chi connectivity index (χ1) is 12.4. The number of fused-ring (bicyclic) bond motifs is 2. The van der Waals surface area contributed by atoms with E-state index in [0.717, 1.165) is 19.3 Å². The molecule has 7 nitrogen and oxygen atoms in total. The van der Waals surface area contributed by atoms with Gasteiger partial charge in [-0.25, -0.2) is 9.78 Å². The van der Waals surface area contributed by atoms with E-state index < -0.39 is 17.7 Å². The Morgan fingerprint density at radius 2 is 2.00 bits per heavy atom. The lowest BCUT2D eigenvalue weighted by Crippen LogP contribution is -2.70. The van der Waals surface area contributed by atoms with Crippen LogP contribution in [-0.4, -0.2) is 43.0 Å². The smallest absolute Gasteiger partial charge is 0.216 e. The van der Waals surface area contributed by atoms with Gasteiger partial charge in [-0.15, -0.1) is 0 Å². The highest BCUT2D eigenvalue weighted by Gasteiger charge is 2.69. The zero-order valence-corrected chi connectivity index (χ0v) is 16.2. The third-order valence-electron chi connectivity index (χ3n) is 6.86. The van der Waals surface area contributed by atoms with Crippen molar-refractivity contribution in [2.24, 2.45) is 23.7 Å². The first kappa shape index (κ1) is 18.6. The largest absolute Gasteiger partial charge is 0.354 e. The van der Waals surface area contributed by atoms with Crippen molar-refractivity contribution in [1.29, 1.82) is 0 Å². The fourth-order valence-electron chi connectivity index (χ4n) is 5.46. The summed E-state index contributed by atoms with van der Waals surface area (Å²) in [6.07, 6.45) is 3.20. The van der Waals surface area contributed by atoms with Gasteiger partial charge in [-0.05, 0) is 38.0 Å². The van der Waals surface area contributed by atoms with Gasteiger partial charge in [0.1, 0.15) is 0 Å². The molecule has 7 heteroatoms. The molecular formula is C19H31NO6. The second-order valence-corrected chi connectivity index (χ2v) is 8.63. The Balaban J connectivity index is 1.55. The van der Waals surface area contributed by atoms with E-state index >= 15 is 0 Å². The molecule has 26 heavy (non-hydrogen) atoms. The third kappa shape index (κ3) is 2.88. The lowest BCUT2D eigenvalue weighted by molar-refractivity contribution is -0.577. The monoisotopic (exact) mass is 369 g/mol. The van der Waals surface area contributed by atoms with E-state index in [-0.39, 0.29) is 24.0 Å². The van der Waals surface area contributed by atoms with Gasteiger partial charge >= 0.3 is 0 Å². The molecule has 1 saturated carbocycles. The Morgan fingerprint density at radius 3 is 2.77 bits per heavy atom. The van der Waals surface area contributed by atoms with Crippen LogP contribution in [0.2, 0.25) is 0 Å². The van der Waals surface area contributed by atoms with Crippen LogP contribution < -0.4 is 5.32 Å². The minimum absolute atomic E-state index is 0.0582. The van der Waals surface area contributed by atoms with Crippen LogP contribution in [0.4, 0.5) is 0 Å². The number of nitrogens with one attached hydrogen (secondary N) is 1. The summed E-state index contributed by atoms with van der Waals surface area (Å²) in [5, 5.41) is 2.75. The summed E-state index contributed by atoms with van der Waals surface area (Å²) >= 11 is 0. The van der Waals surface area contributed by atoms with Crippen molar-refractivity contribution in [3.63, 3.8) is 0 Å². The normalized spacial score (nSPS) is 50.0. The van der Waals surface area contributed by atoms with Crippen molar-refractivity contribution in [1.82, 2.24) is 5.32 Å². The average Bonchev–Trinajstić information content (AvgIpc) is 2.82. The minimum Gasteiger partial charge on any atom is -0.354 e. The van der Waals surface area contributed by atoms with E-state index in [2.05, 4.69) is 19.2 Å². The van der Waals surface area contributed by atoms with Gasteiger partial charge in [0.15, 0.2) is 18.2 Å². The molecule has 5 rings (SSSR count). The fraction of sp³-hybridized carbons (Fsp3) is 0.947. The Bertz CT molecular complexity index is 558. The van der Waals surface area contributed by atoms with Crippen molar-refractivity contribution >= 4 is 5.91 Å². The van der Waals surface area contributed by atoms with Crippen molar-refractivity contribution in [2.45, 2.75) is 77.3 Å². The van der Waals surface area contributed by atoms with Gasteiger partial charge in [0.05, 0.1) is 6.61 Å². The van der Waals surface area contributed by atoms with Crippen LogP contribution in [0.3, 0.4) is 0 Å². The maximum atomic E-state index is 11.0. The van der Waals surface area contributed by atoms with Gasteiger partial charge in [0.2, 0.25) is 11.7 Å². The molecular weight excluding hydrogens is 338 g/mol. The van der Waals surface area contributed by atoms with Crippen molar-refractivity contribution in [3.05, 3.63) is 0 Å². The molecule has 4 aliphatic heterocycles. The Labute approximate surface area is 154 Å². The number of hydrogen-bond donors (Lipinski definition) is 1. The van der Waals surface area contributed by atoms with Crippen LogP contribution in [0.5, 0.6) is 0 Å². The maximum Gasteiger partial charge on any atom is 0.216 e. The number of hydrogen-bond acceptors (Lipinski definition) is 6. The zero-order valence-electron chi connectivity index (χ0n) is 16.2. The Morgan fingerprint density at radius 1 is 1.19 bits per heavy atom. The molecule has 1 amide bonds. The zero-order chi connectivity index (χ0) is 18.5. The molecule has 0 aromatic heterocycles. The molecule has 1 spiro atoms. The first-order valence-corrected chi connectivity index (χ1v) is 9.92. The van der Waals surface area contributed by atoms with Crippen molar-refractivity contribution in [3.8, 4) is 0 Å². The predicted molar refractivity (Wildman–Crippen MR) is 91.5 cm³/mol. The third-order valence-corrected chi connectivity index (χ3v) is 6.86. The molecule has 0 aromatic rings. The summed E-state index contributed by atoms with van der Waals surface area (Å²) in [5.74, 6) is 0.507. The number of carbonyl (C=O) groups excluding carboxylic acids is 1. The van der Waals surface area contributed by atoms with Crippen LogP contribution in [0.15, 0.2) is 0 Å². The first-order valence-electron chi connectivity index (χ1n) is 9.92. The summed E-state index contributed by atoms with van der Waals surface area (Å²) in [6.45, 7) is 8.77. The lowest BCUT2D eigenvalue weighted by Gasteiger charge is -2.60. The second-order valence-electron chi connectivity index (χ2n) is 8.63. The SMILES string of the molecule is CC(=O)NCCOC1O[C@@H]2O[C@@]3(C)CCC4[C@H](C)CCC([C@H]1C)[C@]42OO3. The molecule has 0 radical (unpaired) electrons. The van der Waals surface area contributed by atoms with Gasteiger partial charge in [-0.1, -0.05) is 13.8 Å². The van der Waals surface area contributed by atoms with Gasteiger partial charge < -0.3 is 19.5 Å². The highest BCUT2D eigenvalue weighted by Crippen LogP contribution is 2.60. The predicted octanol–water partition coefficient (Wildman–Crippen LogP) is 2.35. The molecule has 4 saturated heterocycles. The fourth-order valence-corrected chi connectivity index (χ4v) is 5.46. The molecule has 5 aliphatic rings. The number of rotatable bonds is 4. The second kappa shape index (κ2) is 6.71. The van der Waals surface area contributed by atoms with Crippen LogP contribution in [0, 0.1) is 23.7 Å². The highest BCUT2D eigenvalue weighted by atomic mass is 17.3. The molecule has 1 aliphatic carbocycles. The topological polar surface area (TPSA) is 75.3 Å². The van der Waals surface area contributed by atoms with E-state index in [4.69, 9.17) is 24.0 Å². The van der Waals surface area contributed by atoms with Crippen molar-refractivity contribution < 1.29 is 28.8 Å². The van der Waals surface area contributed by atoms with Crippen LogP contribution in [-0.2, 0) is 28.8 Å². The molecule has 0 aromatic carbocycles. The summed E-state index contributed by atoms with van der Waals surface area (Å²) in [6, 6.07) is 0. The molecule has 1 N–H and O–H groups in total. The Hall–Kier alpha value is -0.730. The standard InChI is InChI=1S/C19H31NO6/c1-11-5-6-15-12(2)16(22-10-9-20-13(3)21)23-17-19(15)14(11)7-8-18(4,24-17)25-26-19/h11-12,14-17H,5-10H2,1-4H3,(H,20,21)/t11-,12-,14?,15?,16?,17-,18-,19-/m1/s1. The quantitative estimate of drug-likeness (QED) is 0.606. The molecule has 2 bridgehead atoms. The summed E-state index contributed by atoms with van der Waals surface area (Å²) < 4.78 is 18.6. The van der Waals surface area contributed by atoms with Gasteiger partial charge in [0.25, 0.3) is 0 Å². The number of amides is 1. The highest BCUT2D eigenvalue weighted by molar-refractivity contribution is 5.72. The molecule has 5 fully saturated rings. The van der Waals surface area contributed by atoms with Crippen molar-refractivity contribution in [2.75, 3.05) is 13.2 Å². The van der Waals surface area contributed by atoms with Gasteiger partial charge in [0, 0.05) is 31.7 Å². The van der Waals surface area contributed by atoms with Gasteiger partial charge in [-0.3, -0.25) is 4.79 Å². The van der Waals surface area contributed by atoms with Crippen LogP contribution in [0.1, 0.15) is 53.4 Å². The molecule has 148 valence electrons.